The summed E-state index contributed by atoms with van der Waals surface area (Å²) in [6.45, 7) is 6.96. The molecule has 2 rings (SSSR count). The van der Waals surface area contributed by atoms with Crippen molar-refractivity contribution in [2.45, 2.75) is 40.3 Å². The largest absolute Gasteiger partial charge is 0.355 e. The minimum Gasteiger partial charge on any atom is -0.355 e. The van der Waals surface area contributed by atoms with Crippen molar-refractivity contribution in [3.63, 3.8) is 0 Å². The number of nitrogens with one attached hydrogen (secondary N) is 1. The Morgan fingerprint density at radius 1 is 1.32 bits per heavy atom. The molecule has 134 valence electrons. The van der Waals surface area contributed by atoms with Gasteiger partial charge in [0.1, 0.15) is 5.82 Å². The molecule has 0 radical (unpaired) electrons. The fraction of sp³-hybridized carbons (Fsp3) is 0.368. The number of H-pyrrole nitrogens is 1. The van der Waals surface area contributed by atoms with Crippen LogP contribution in [0.2, 0.25) is 5.02 Å². The third kappa shape index (κ3) is 3.83. The van der Waals surface area contributed by atoms with Crippen LogP contribution in [0, 0.1) is 19.7 Å². The van der Waals surface area contributed by atoms with Gasteiger partial charge in [-0.1, -0.05) is 17.7 Å². The summed E-state index contributed by atoms with van der Waals surface area (Å²) in [4.78, 5) is 29.3. The molecule has 0 bridgehead atoms. The molecule has 1 aromatic heterocycles. The van der Waals surface area contributed by atoms with Crippen molar-refractivity contribution in [1.29, 1.82) is 0 Å². The average Bonchev–Trinajstić information content (AvgIpc) is 2.84. The number of Topliss-reactive ketones (excluding diaryl/α,β-unsaturated/α-hetero) is 2. The number of hydrogen-bond acceptors (Lipinski definition) is 3. The molecule has 0 unspecified atom stereocenters. The van der Waals surface area contributed by atoms with Gasteiger partial charge in [0.15, 0.2) is 11.6 Å². The zero-order valence-electron chi connectivity index (χ0n) is 15.0. The van der Waals surface area contributed by atoms with Crippen molar-refractivity contribution in [3.8, 4) is 0 Å². The highest BCUT2D eigenvalue weighted by Gasteiger charge is 2.26. The second-order valence-corrected chi connectivity index (χ2v) is 6.74. The van der Waals surface area contributed by atoms with Gasteiger partial charge in [0.2, 0.25) is 0 Å². The van der Waals surface area contributed by atoms with Gasteiger partial charge >= 0.3 is 0 Å². The quantitative estimate of drug-likeness (QED) is 0.776. The number of carbonyl (C=O) groups is 2. The Labute approximate surface area is 152 Å². The van der Waals surface area contributed by atoms with E-state index in [-0.39, 0.29) is 18.1 Å². The number of aromatic amines is 1. The fourth-order valence-electron chi connectivity index (χ4n) is 3.00. The van der Waals surface area contributed by atoms with E-state index >= 15 is 0 Å². The molecule has 25 heavy (non-hydrogen) atoms. The van der Waals surface area contributed by atoms with Crippen LogP contribution in [-0.2, 0) is 6.54 Å². The molecule has 0 aliphatic heterocycles. The summed E-state index contributed by atoms with van der Waals surface area (Å²) in [5.41, 5.74) is 2.66. The first-order valence-corrected chi connectivity index (χ1v) is 8.40. The molecule has 4 nitrogen and oxygen atoms in total. The minimum atomic E-state index is -0.507. The first kappa shape index (κ1) is 19.3. The van der Waals surface area contributed by atoms with Crippen LogP contribution in [0.1, 0.15) is 51.5 Å². The topological polar surface area (TPSA) is 53.2 Å². The van der Waals surface area contributed by atoms with Crippen molar-refractivity contribution in [3.05, 3.63) is 57.1 Å². The minimum absolute atomic E-state index is 0.0792. The highest BCUT2D eigenvalue weighted by molar-refractivity contribution is 6.31. The summed E-state index contributed by atoms with van der Waals surface area (Å²) in [5.74, 6) is -0.628. The Kier molecular flexibility index (Phi) is 5.80. The molecule has 2 aromatic rings. The summed E-state index contributed by atoms with van der Waals surface area (Å²) in [6.07, 6.45) is 0. The number of nitrogens with zero attached hydrogens (tertiary/aromatic N) is 1. The molecule has 0 aliphatic carbocycles. The van der Waals surface area contributed by atoms with Crippen molar-refractivity contribution in [2.24, 2.45) is 0 Å². The zero-order valence-corrected chi connectivity index (χ0v) is 15.8. The van der Waals surface area contributed by atoms with E-state index in [0.717, 1.165) is 0 Å². The highest BCUT2D eigenvalue weighted by atomic mass is 35.5. The van der Waals surface area contributed by atoms with E-state index in [9.17, 15) is 14.0 Å². The third-order valence-electron chi connectivity index (χ3n) is 4.55. The van der Waals surface area contributed by atoms with Crippen LogP contribution in [0.3, 0.4) is 0 Å². The van der Waals surface area contributed by atoms with Gasteiger partial charge in [-0.2, -0.15) is 0 Å². The van der Waals surface area contributed by atoms with Gasteiger partial charge in [0.25, 0.3) is 0 Å². The second kappa shape index (κ2) is 7.50. The monoisotopic (exact) mass is 364 g/mol. The Morgan fingerprint density at radius 3 is 2.48 bits per heavy atom. The number of halogens is 2. The molecule has 0 saturated carbocycles. The van der Waals surface area contributed by atoms with Crippen molar-refractivity contribution < 1.29 is 14.0 Å². The van der Waals surface area contributed by atoms with Crippen LogP contribution in [-0.4, -0.2) is 34.5 Å². The van der Waals surface area contributed by atoms with E-state index in [1.54, 1.807) is 44.9 Å². The Morgan fingerprint density at radius 2 is 1.96 bits per heavy atom. The maximum atomic E-state index is 14.0. The second-order valence-electron chi connectivity index (χ2n) is 6.34. The number of hydrogen-bond donors (Lipinski definition) is 1. The zero-order chi connectivity index (χ0) is 18.9. The van der Waals surface area contributed by atoms with E-state index in [2.05, 4.69) is 4.98 Å². The third-order valence-corrected chi connectivity index (χ3v) is 4.90. The average molecular weight is 365 g/mol. The molecule has 0 saturated heterocycles. The van der Waals surface area contributed by atoms with Crippen LogP contribution in [0.25, 0.3) is 0 Å². The molecule has 1 heterocycles. The molecule has 0 fully saturated rings. The van der Waals surface area contributed by atoms with E-state index in [1.165, 1.54) is 13.0 Å². The van der Waals surface area contributed by atoms with Crippen LogP contribution in [0.4, 0.5) is 4.39 Å². The lowest BCUT2D eigenvalue weighted by molar-refractivity contribution is 0.0855. The van der Waals surface area contributed by atoms with Gasteiger partial charge in [0.05, 0.1) is 11.7 Å². The van der Waals surface area contributed by atoms with Crippen molar-refractivity contribution >= 4 is 23.2 Å². The molecule has 1 atom stereocenters. The SMILES string of the molecule is CC(=O)c1c(C)[nH]c(C(=O)[C@@H](C)N(C)Cc2c(F)cccc2Cl)c1C. The lowest BCUT2D eigenvalue weighted by atomic mass is 10.0. The molecule has 0 aliphatic rings. The first-order valence-electron chi connectivity index (χ1n) is 8.02. The number of aryl methyl sites for hydroxylation is 1. The maximum Gasteiger partial charge on any atom is 0.196 e. The van der Waals surface area contributed by atoms with Crippen LogP contribution >= 0.6 is 11.6 Å². The van der Waals surface area contributed by atoms with Crippen molar-refractivity contribution in [2.75, 3.05) is 7.05 Å². The lowest BCUT2D eigenvalue weighted by Gasteiger charge is -2.24. The number of rotatable bonds is 6. The Bertz CT molecular complexity index is 809. The first-order chi connectivity index (χ1) is 11.6. The number of ketones is 2. The summed E-state index contributed by atoms with van der Waals surface area (Å²) in [7, 11) is 1.74. The fourth-order valence-corrected chi connectivity index (χ4v) is 3.23. The summed E-state index contributed by atoms with van der Waals surface area (Å²) in [6, 6.07) is 4.01. The van der Waals surface area contributed by atoms with Crippen LogP contribution in [0.5, 0.6) is 0 Å². The van der Waals surface area contributed by atoms with E-state index in [4.69, 9.17) is 11.6 Å². The van der Waals surface area contributed by atoms with E-state index in [1.807, 2.05) is 0 Å². The normalized spacial score (nSPS) is 12.5. The van der Waals surface area contributed by atoms with E-state index < -0.39 is 11.9 Å². The van der Waals surface area contributed by atoms with Crippen LogP contribution < -0.4 is 0 Å². The van der Waals surface area contributed by atoms with Gasteiger partial charge in [-0.05, 0) is 52.4 Å². The molecular weight excluding hydrogens is 343 g/mol. The summed E-state index contributed by atoms with van der Waals surface area (Å²) in [5, 5.41) is 0.331. The van der Waals surface area contributed by atoms with Gasteiger partial charge in [-0.15, -0.1) is 0 Å². The lowest BCUT2D eigenvalue weighted by Crippen LogP contribution is -2.36. The number of likely N-dealkylation sites (N-methyl/N-ethyl adjacent to an activating group) is 1. The van der Waals surface area contributed by atoms with Gasteiger partial charge in [-0.25, -0.2) is 4.39 Å². The van der Waals surface area contributed by atoms with Crippen LogP contribution in [0.15, 0.2) is 18.2 Å². The van der Waals surface area contributed by atoms with Crippen molar-refractivity contribution in [1.82, 2.24) is 9.88 Å². The van der Waals surface area contributed by atoms with Gasteiger partial charge < -0.3 is 4.98 Å². The predicted octanol–water partition coefficient (Wildman–Crippen LogP) is 4.33. The van der Waals surface area contributed by atoms with Gasteiger partial charge in [-0.3, -0.25) is 14.5 Å². The molecule has 1 N–H and O–H groups in total. The highest BCUT2D eigenvalue weighted by Crippen LogP contribution is 2.24. The molecule has 1 aromatic carbocycles. The Hall–Kier alpha value is -1.98. The summed E-state index contributed by atoms with van der Waals surface area (Å²) < 4.78 is 14.0. The van der Waals surface area contributed by atoms with E-state index in [0.29, 0.717) is 33.1 Å². The number of aromatic nitrogens is 1. The molecular formula is C19H22ClFN2O2. The standard InChI is InChI=1S/C19H22ClFN2O2/c1-10-17(13(4)24)11(2)22-18(10)19(25)12(3)23(5)9-14-15(20)7-6-8-16(14)21/h6-8,12,22H,9H2,1-5H3/t12-/m1/s1. The molecule has 6 heteroatoms. The molecule has 0 amide bonds. The van der Waals surface area contributed by atoms with Gasteiger partial charge in [0, 0.05) is 28.4 Å². The predicted molar refractivity (Wildman–Crippen MR) is 96.9 cm³/mol. The smallest absolute Gasteiger partial charge is 0.196 e. The summed E-state index contributed by atoms with van der Waals surface area (Å²) >= 11 is 6.06. The number of carbonyl (C=O) groups excluding carboxylic acids is 2. The maximum absolute atomic E-state index is 14.0. The number of benzene rings is 1. The molecule has 0 spiro atoms. The Balaban J connectivity index is 2.25.